The van der Waals surface area contributed by atoms with Crippen molar-refractivity contribution in [1.82, 2.24) is 9.55 Å². The summed E-state index contributed by atoms with van der Waals surface area (Å²) in [6.07, 6.45) is 1.81. The number of benzene rings is 7. The average Bonchev–Trinajstić information content (AvgIpc) is 3.47. The summed E-state index contributed by atoms with van der Waals surface area (Å²) in [6.45, 7) is 0. The third-order valence-electron chi connectivity index (χ3n) is 8.78. The minimum Gasteiger partial charge on any atom is -0.868 e. The Hall–Kier alpha value is -5.40. The van der Waals surface area contributed by atoms with Gasteiger partial charge in [-0.25, -0.2) is 9.97 Å². The first kappa shape index (κ1) is 27.2. The number of rotatable bonds is 3. The molecule has 9 rings (SSSR count). The molecule has 0 fully saturated rings. The Morgan fingerprint density at radius 1 is 0.556 bits per heavy atom. The molecule has 0 atom stereocenters. The fourth-order valence-corrected chi connectivity index (χ4v) is 6.85. The van der Waals surface area contributed by atoms with E-state index in [-0.39, 0.29) is 24.6 Å². The zero-order chi connectivity index (χ0) is 29.2. The number of H-pyrrole nitrogens is 1. The van der Waals surface area contributed by atoms with Gasteiger partial charge in [0.1, 0.15) is 5.82 Å². The van der Waals surface area contributed by atoms with Crippen LogP contribution in [0.2, 0.25) is 0 Å². The van der Waals surface area contributed by atoms with E-state index in [1.54, 1.807) is 6.07 Å². The van der Waals surface area contributed by atoms with E-state index in [2.05, 4.69) is 113 Å². The van der Waals surface area contributed by atoms with Crippen LogP contribution < -0.4 is 29.0 Å². The second-order valence-corrected chi connectivity index (χ2v) is 11.2. The molecule has 0 saturated carbocycles. The summed E-state index contributed by atoms with van der Waals surface area (Å²) in [7, 11) is 0. The van der Waals surface area contributed by atoms with Crippen LogP contribution in [0.3, 0.4) is 0 Å². The smallest absolute Gasteiger partial charge is 0.868 e. The van der Waals surface area contributed by atoms with Gasteiger partial charge >= 0.3 is 18.9 Å². The first-order valence-corrected chi connectivity index (χ1v) is 14.8. The number of hydrogen-bond donors (Lipinski definition) is 0. The summed E-state index contributed by atoms with van der Waals surface area (Å²) in [5, 5.41) is 20.6. The molecule has 0 saturated heterocycles. The van der Waals surface area contributed by atoms with E-state index in [4.69, 9.17) is 4.98 Å². The summed E-state index contributed by atoms with van der Waals surface area (Å²) in [5.41, 5.74) is 6.98. The second kappa shape index (κ2) is 10.6. The van der Waals surface area contributed by atoms with Gasteiger partial charge in [-0.2, -0.15) is 0 Å². The van der Waals surface area contributed by atoms with Crippen molar-refractivity contribution in [3.05, 3.63) is 146 Å². The Morgan fingerprint density at radius 3 is 2.22 bits per heavy atom. The van der Waals surface area contributed by atoms with Gasteiger partial charge in [-0.05, 0) is 85.6 Å². The first-order chi connectivity index (χ1) is 21.8. The summed E-state index contributed by atoms with van der Waals surface area (Å²) in [6, 6.07) is 48.2. The van der Waals surface area contributed by atoms with Gasteiger partial charge in [0, 0.05) is 17.3 Å². The molecule has 1 N–H and O–H groups in total. The predicted octanol–water partition coefficient (Wildman–Crippen LogP) is 5.86. The zero-order valence-corrected chi connectivity index (χ0v) is 24.7. The molecule has 0 amide bonds. The van der Waals surface area contributed by atoms with Crippen LogP contribution in [0.5, 0.6) is 5.75 Å². The number of fused-ring (bicyclic) bond motifs is 6. The number of para-hydroxylation sites is 3. The van der Waals surface area contributed by atoms with Gasteiger partial charge in [0.2, 0.25) is 5.52 Å². The molecule has 0 spiro atoms. The van der Waals surface area contributed by atoms with Crippen molar-refractivity contribution >= 4 is 54.3 Å². The number of nitrogens with one attached hydrogen (secondary N) is 1. The SMILES string of the molecule is [Li+].[O-]c1ccc(-c2c3ccccc3cc3c2ccc2c(-c4nc5ccccc5n4-c4ccccc4)cccc23)c2ccc[nH+]c12. The number of imidazole rings is 1. The minimum absolute atomic E-state index is 0. The molecule has 5 heteroatoms. The van der Waals surface area contributed by atoms with Gasteiger partial charge < -0.3 is 5.11 Å². The molecular weight excluding hydrogens is 545 g/mol. The Balaban J connectivity index is 0.00000300. The number of hydrogen-bond acceptors (Lipinski definition) is 2. The Morgan fingerprint density at radius 2 is 1.31 bits per heavy atom. The van der Waals surface area contributed by atoms with Crippen molar-refractivity contribution in [1.29, 1.82) is 0 Å². The molecular formula is C40H25LiN3O+. The molecule has 0 unspecified atom stereocenters. The van der Waals surface area contributed by atoms with E-state index in [1.165, 1.54) is 5.39 Å². The molecule has 45 heavy (non-hydrogen) atoms. The molecule has 0 aliphatic rings. The molecule has 9 aromatic rings. The molecule has 2 aromatic heterocycles. The summed E-state index contributed by atoms with van der Waals surface area (Å²) in [4.78, 5) is 8.37. The van der Waals surface area contributed by atoms with Crippen LogP contribution in [-0.4, -0.2) is 9.55 Å². The van der Waals surface area contributed by atoms with Crippen molar-refractivity contribution in [2.24, 2.45) is 0 Å². The Labute approximate surface area is 271 Å². The maximum absolute atomic E-state index is 12.8. The van der Waals surface area contributed by atoms with Crippen LogP contribution in [-0.2, 0) is 0 Å². The van der Waals surface area contributed by atoms with E-state index in [9.17, 15) is 5.11 Å². The molecule has 0 aliphatic carbocycles. The molecule has 4 nitrogen and oxygen atoms in total. The topological polar surface area (TPSA) is 55.0 Å². The first-order valence-electron chi connectivity index (χ1n) is 14.8. The number of aromatic nitrogens is 3. The van der Waals surface area contributed by atoms with E-state index >= 15 is 0 Å². The van der Waals surface area contributed by atoms with Crippen LogP contribution in [0.4, 0.5) is 0 Å². The predicted molar refractivity (Wildman–Crippen MR) is 178 cm³/mol. The van der Waals surface area contributed by atoms with E-state index < -0.39 is 0 Å². The molecule has 0 aliphatic heterocycles. The van der Waals surface area contributed by atoms with Gasteiger partial charge in [-0.3, -0.25) is 4.57 Å². The molecule has 7 aromatic carbocycles. The Bertz CT molecular complexity index is 2570. The van der Waals surface area contributed by atoms with Gasteiger partial charge in [0.15, 0.2) is 6.20 Å². The quantitative estimate of drug-likeness (QED) is 0.152. The van der Waals surface area contributed by atoms with E-state index in [0.29, 0.717) is 5.52 Å². The third-order valence-corrected chi connectivity index (χ3v) is 8.78. The standard InChI is InChI=1S/C40H25N3O.Li/c44-37-22-21-30(32-16-9-23-41-39(32)37)38-27-13-5-4-10-25(27)24-34-28-14-8-15-33(29(28)19-20-31(34)38)40-42-35-17-6-7-18-36(35)43(40)26-11-2-1-3-12-26;/h1-24,44H;/q;+1. The summed E-state index contributed by atoms with van der Waals surface area (Å²) < 4.78 is 2.26. The fraction of sp³-hybridized carbons (Fsp3) is 0. The Kier molecular flexibility index (Phi) is 6.43. The summed E-state index contributed by atoms with van der Waals surface area (Å²) >= 11 is 0. The number of aromatic amines is 1. The summed E-state index contributed by atoms with van der Waals surface area (Å²) in [5.74, 6) is 0.904. The molecule has 2 heterocycles. The van der Waals surface area contributed by atoms with Crippen molar-refractivity contribution in [3.63, 3.8) is 0 Å². The minimum atomic E-state index is -0.00899. The fourth-order valence-electron chi connectivity index (χ4n) is 6.85. The molecule has 206 valence electrons. The maximum Gasteiger partial charge on any atom is 1.00 e. The van der Waals surface area contributed by atoms with Crippen LogP contribution in [0.15, 0.2) is 146 Å². The van der Waals surface area contributed by atoms with Crippen molar-refractivity contribution < 1.29 is 29.0 Å². The van der Waals surface area contributed by atoms with Crippen LogP contribution in [0, 0.1) is 0 Å². The zero-order valence-electron chi connectivity index (χ0n) is 24.7. The maximum atomic E-state index is 12.8. The van der Waals surface area contributed by atoms with Crippen molar-refractivity contribution in [2.75, 3.05) is 0 Å². The molecule has 0 radical (unpaired) electrons. The van der Waals surface area contributed by atoms with Gasteiger partial charge in [0.25, 0.3) is 0 Å². The van der Waals surface area contributed by atoms with Crippen LogP contribution in [0.25, 0.3) is 82.5 Å². The number of nitrogens with zero attached hydrogens (tertiary/aromatic N) is 2. The van der Waals surface area contributed by atoms with Gasteiger partial charge in [-0.1, -0.05) is 97.1 Å². The van der Waals surface area contributed by atoms with Crippen LogP contribution in [0.1, 0.15) is 0 Å². The molecule has 0 bridgehead atoms. The monoisotopic (exact) mass is 570 g/mol. The van der Waals surface area contributed by atoms with Gasteiger partial charge in [0.05, 0.1) is 16.4 Å². The number of pyridine rings is 1. The third kappa shape index (κ3) is 4.15. The normalized spacial score (nSPS) is 11.5. The largest absolute Gasteiger partial charge is 1.00 e. The average molecular weight is 571 g/mol. The van der Waals surface area contributed by atoms with Crippen molar-refractivity contribution in [3.8, 4) is 34.0 Å². The van der Waals surface area contributed by atoms with Crippen molar-refractivity contribution in [2.45, 2.75) is 0 Å². The van der Waals surface area contributed by atoms with Gasteiger partial charge in [-0.15, -0.1) is 0 Å². The van der Waals surface area contributed by atoms with E-state index in [1.807, 2.05) is 36.5 Å². The second-order valence-electron chi connectivity index (χ2n) is 11.2. The van der Waals surface area contributed by atoms with E-state index in [0.717, 1.165) is 71.6 Å². The van der Waals surface area contributed by atoms with Crippen LogP contribution >= 0.6 is 0 Å².